The fraction of sp³-hybridized carbons (Fsp3) is 0.500. The van der Waals surface area contributed by atoms with Crippen molar-refractivity contribution in [3.05, 3.63) is 18.2 Å². The minimum absolute atomic E-state index is 0.124. The van der Waals surface area contributed by atoms with Gasteiger partial charge in [-0.15, -0.1) is 0 Å². The predicted octanol–water partition coefficient (Wildman–Crippen LogP) is -0.325. The van der Waals surface area contributed by atoms with Gasteiger partial charge in [-0.2, -0.15) is 13.1 Å². The second-order valence-corrected chi connectivity index (χ2v) is 8.77. The number of benzene rings is 1. The lowest BCUT2D eigenvalue weighted by Crippen LogP contribution is -2.55. The van der Waals surface area contributed by atoms with E-state index < -0.39 is 16.1 Å². The number of nitrogens with one attached hydrogen (secondary N) is 1. The van der Waals surface area contributed by atoms with Gasteiger partial charge in [0.15, 0.2) is 0 Å². The van der Waals surface area contributed by atoms with E-state index in [1.165, 1.54) is 17.5 Å². The minimum atomic E-state index is -3.74. The number of carbonyl (C=O) groups excluding carboxylic acids is 2. The highest BCUT2D eigenvalue weighted by atomic mass is 32.2. The molecule has 1 saturated heterocycles. The Hall–Kier alpha value is -2.15. The van der Waals surface area contributed by atoms with E-state index in [0.29, 0.717) is 11.0 Å². The van der Waals surface area contributed by atoms with E-state index in [0.717, 1.165) is 11.7 Å². The lowest BCUT2D eigenvalue weighted by atomic mass is 10.2. The number of sulfonamides is 1. The van der Waals surface area contributed by atoms with Crippen LogP contribution in [0.4, 0.5) is 0 Å². The van der Waals surface area contributed by atoms with Crippen LogP contribution in [0.2, 0.25) is 0 Å². The van der Waals surface area contributed by atoms with Crippen molar-refractivity contribution in [2.75, 3.05) is 39.9 Å². The molecule has 1 unspecified atom stereocenters. The summed E-state index contributed by atoms with van der Waals surface area (Å²) in [5.41, 5.74) is 0.904. The number of piperazine rings is 1. The normalized spacial score (nSPS) is 16.9. The highest BCUT2D eigenvalue weighted by molar-refractivity contribution is 7.89. The van der Waals surface area contributed by atoms with Crippen LogP contribution in [0.5, 0.6) is 0 Å². The molecule has 1 aromatic heterocycles. The van der Waals surface area contributed by atoms with E-state index in [4.69, 9.17) is 4.74 Å². The molecule has 10 nitrogen and oxygen atoms in total. The molecule has 1 aliphatic heterocycles. The molecule has 0 aliphatic carbocycles. The van der Waals surface area contributed by atoms with E-state index in [2.05, 4.69) is 14.1 Å². The molecule has 0 bridgehead atoms. The second kappa shape index (κ2) is 8.47. The van der Waals surface area contributed by atoms with E-state index in [1.807, 2.05) is 0 Å². The van der Waals surface area contributed by atoms with Crippen molar-refractivity contribution in [2.45, 2.75) is 17.9 Å². The molecule has 0 spiro atoms. The molecule has 0 saturated carbocycles. The van der Waals surface area contributed by atoms with Gasteiger partial charge in [-0.05, 0) is 19.1 Å². The summed E-state index contributed by atoms with van der Waals surface area (Å²) in [5.74, 6) is -0.637. The summed E-state index contributed by atoms with van der Waals surface area (Å²) in [6.07, 6.45) is 0. The maximum absolute atomic E-state index is 13.0. The Labute approximate surface area is 166 Å². The van der Waals surface area contributed by atoms with Crippen molar-refractivity contribution in [3.8, 4) is 0 Å². The fourth-order valence-electron chi connectivity index (χ4n) is 3.03. The van der Waals surface area contributed by atoms with Crippen molar-refractivity contribution in [3.63, 3.8) is 0 Å². The first kappa shape index (κ1) is 20.6. The van der Waals surface area contributed by atoms with Gasteiger partial charge in [0.05, 0.1) is 11.7 Å². The van der Waals surface area contributed by atoms with Crippen LogP contribution in [-0.2, 0) is 24.3 Å². The molecule has 152 valence electrons. The van der Waals surface area contributed by atoms with E-state index >= 15 is 0 Å². The van der Waals surface area contributed by atoms with Crippen molar-refractivity contribution in [1.82, 2.24) is 23.3 Å². The Bertz CT molecular complexity index is 969. The zero-order valence-electron chi connectivity index (χ0n) is 15.5. The van der Waals surface area contributed by atoms with Gasteiger partial charge in [0.2, 0.25) is 21.8 Å². The van der Waals surface area contributed by atoms with Crippen LogP contribution in [0.3, 0.4) is 0 Å². The third kappa shape index (κ3) is 4.14. The molecule has 1 fully saturated rings. The van der Waals surface area contributed by atoms with Crippen LogP contribution in [0, 0.1) is 0 Å². The van der Waals surface area contributed by atoms with Gasteiger partial charge >= 0.3 is 0 Å². The molecule has 1 aliphatic rings. The summed E-state index contributed by atoms with van der Waals surface area (Å²) in [4.78, 5) is 25.7. The van der Waals surface area contributed by atoms with Crippen molar-refractivity contribution in [2.24, 2.45) is 0 Å². The molecule has 12 heteroatoms. The Kier molecular flexibility index (Phi) is 6.23. The molecule has 2 heterocycles. The number of carbonyl (C=O) groups is 2. The summed E-state index contributed by atoms with van der Waals surface area (Å²) >= 11 is 0.966. The quantitative estimate of drug-likeness (QED) is 0.670. The van der Waals surface area contributed by atoms with Crippen LogP contribution in [0.25, 0.3) is 11.0 Å². The number of hydrogen-bond acceptors (Lipinski definition) is 8. The first-order chi connectivity index (χ1) is 13.3. The number of rotatable bonds is 6. The molecular weight excluding hydrogens is 406 g/mol. The van der Waals surface area contributed by atoms with Crippen molar-refractivity contribution in [1.29, 1.82) is 0 Å². The molecule has 2 amide bonds. The van der Waals surface area contributed by atoms with Gasteiger partial charge in [-0.25, -0.2) is 8.42 Å². The van der Waals surface area contributed by atoms with Gasteiger partial charge in [0.1, 0.15) is 28.6 Å². The average Bonchev–Trinajstić information content (AvgIpc) is 3.16. The molecule has 28 heavy (non-hydrogen) atoms. The first-order valence-electron chi connectivity index (χ1n) is 8.63. The largest absolute Gasteiger partial charge is 0.375 e. The van der Waals surface area contributed by atoms with Crippen LogP contribution in [-0.4, -0.2) is 84.1 Å². The number of nitrogens with zero attached hydrogens (tertiary/aromatic N) is 4. The number of ether oxygens (including phenoxy) is 1. The number of amides is 2. The topological polar surface area (TPSA) is 122 Å². The summed E-state index contributed by atoms with van der Waals surface area (Å²) in [6.45, 7) is 2.29. The fourth-order valence-corrected chi connectivity index (χ4v) is 5.20. The third-order valence-electron chi connectivity index (χ3n) is 4.44. The number of aromatic nitrogens is 2. The Balaban J connectivity index is 1.65. The van der Waals surface area contributed by atoms with Crippen LogP contribution in [0.1, 0.15) is 6.92 Å². The van der Waals surface area contributed by atoms with Crippen LogP contribution < -0.4 is 5.32 Å². The lowest BCUT2D eigenvalue weighted by molar-refractivity contribution is -0.137. The maximum Gasteiger partial charge on any atom is 0.246 e. The Morgan fingerprint density at radius 2 is 1.96 bits per heavy atom. The smallest absolute Gasteiger partial charge is 0.246 e. The number of fused-ring (bicyclic) bond motifs is 1. The summed E-state index contributed by atoms with van der Waals surface area (Å²) in [5, 5.41) is 2.56. The summed E-state index contributed by atoms with van der Waals surface area (Å²) in [7, 11) is -2.34. The zero-order valence-corrected chi connectivity index (χ0v) is 17.1. The summed E-state index contributed by atoms with van der Waals surface area (Å²) in [6, 6.07) is 4.17. The first-order valence-corrected chi connectivity index (χ1v) is 10.8. The molecule has 1 aromatic carbocycles. The van der Waals surface area contributed by atoms with Gasteiger partial charge in [0.25, 0.3) is 0 Å². The highest BCUT2D eigenvalue weighted by Crippen LogP contribution is 2.25. The van der Waals surface area contributed by atoms with E-state index in [-0.39, 0.29) is 49.5 Å². The minimum Gasteiger partial charge on any atom is -0.375 e. The van der Waals surface area contributed by atoms with Gasteiger partial charge in [0, 0.05) is 33.3 Å². The van der Waals surface area contributed by atoms with E-state index in [9.17, 15) is 18.0 Å². The standard InChI is InChI=1S/C16H21N5O5S2/c1-11(17-14(22)10-26-2)16(23)20-6-8-21(9-7-20)28(24,25)13-5-3-4-12-15(13)19-27-18-12/h3-5,11H,6-10H2,1-2H3,(H,17,22). The Morgan fingerprint density at radius 1 is 1.25 bits per heavy atom. The number of hydrogen-bond donors (Lipinski definition) is 1. The van der Waals surface area contributed by atoms with E-state index in [1.54, 1.807) is 24.0 Å². The zero-order chi connectivity index (χ0) is 20.3. The molecule has 1 atom stereocenters. The molecular formula is C16H21N5O5S2. The Morgan fingerprint density at radius 3 is 2.64 bits per heavy atom. The van der Waals surface area contributed by atoms with Crippen LogP contribution in [0.15, 0.2) is 23.1 Å². The lowest BCUT2D eigenvalue weighted by Gasteiger charge is -2.35. The highest BCUT2D eigenvalue weighted by Gasteiger charge is 2.33. The number of methoxy groups -OCH3 is 1. The predicted molar refractivity (Wildman–Crippen MR) is 102 cm³/mol. The molecule has 0 radical (unpaired) electrons. The monoisotopic (exact) mass is 427 g/mol. The molecule has 3 rings (SSSR count). The van der Waals surface area contributed by atoms with Gasteiger partial charge in [-0.3, -0.25) is 9.59 Å². The molecule has 1 N–H and O–H groups in total. The maximum atomic E-state index is 13.0. The summed E-state index contributed by atoms with van der Waals surface area (Å²) < 4.78 is 40.3. The van der Waals surface area contributed by atoms with Gasteiger partial charge in [-0.1, -0.05) is 6.07 Å². The average molecular weight is 428 g/mol. The molecule has 2 aromatic rings. The second-order valence-electron chi connectivity index (χ2n) is 6.34. The van der Waals surface area contributed by atoms with Crippen molar-refractivity contribution < 1.29 is 22.7 Å². The SMILES string of the molecule is COCC(=O)NC(C)C(=O)N1CCN(S(=O)(=O)c2cccc3nsnc23)CC1. The third-order valence-corrected chi connectivity index (χ3v) is 6.91. The van der Waals surface area contributed by atoms with Crippen LogP contribution >= 0.6 is 11.7 Å². The van der Waals surface area contributed by atoms with Crippen molar-refractivity contribution >= 4 is 44.6 Å². The van der Waals surface area contributed by atoms with Gasteiger partial charge < -0.3 is 15.0 Å².